The maximum Gasteiger partial charge on any atom is 0.188 e. The van der Waals surface area contributed by atoms with Gasteiger partial charge in [0.1, 0.15) is 0 Å². The predicted molar refractivity (Wildman–Crippen MR) is 67.9 cm³/mol. The number of nitrogens with one attached hydrogen (secondary N) is 2. The fraction of sp³-hybridized carbons (Fsp3) is 0.417. The molecule has 6 heteroatoms. The molecule has 0 bridgehead atoms. The van der Waals surface area contributed by atoms with Gasteiger partial charge in [0, 0.05) is 11.1 Å². The fourth-order valence-corrected chi connectivity index (χ4v) is 2.24. The molecule has 5 nitrogen and oxygen atoms in total. The van der Waals surface area contributed by atoms with Gasteiger partial charge in [0.25, 0.3) is 0 Å². The number of H-pyrrole nitrogens is 1. The zero-order valence-corrected chi connectivity index (χ0v) is 10.6. The van der Waals surface area contributed by atoms with E-state index in [1.807, 2.05) is 12.1 Å². The lowest BCUT2D eigenvalue weighted by molar-refractivity contribution is 0.472. The van der Waals surface area contributed by atoms with Crippen LogP contribution >= 0.6 is 11.6 Å². The summed E-state index contributed by atoms with van der Waals surface area (Å²) in [5.41, 5.74) is 1.27. The summed E-state index contributed by atoms with van der Waals surface area (Å²) in [6.07, 6.45) is 2.54. The van der Waals surface area contributed by atoms with Crippen molar-refractivity contribution in [2.75, 3.05) is 0 Å². The highest BCUT2D eigenvalue weighted by atomic mass is 35.5. The van der Waals surface area contributed by atoms with Crippen LogP contribution in [0.5, 0.6) is 0 Å². The lowest BCUT2D eigenvalue weighted by atomic mass is 10.0. The predicted octanol–water partition coefficient (Wildman–Crippen LogP) is 2.09. The van der Waals surface area contributed by atoms with Gasteiger partial charge in [0.2, 0.25) is 0 Å². The lowest BCUT2D eigenvalue weighted by Crippen LogP contribution is -2.23. The molecule has 18 heavy (non-hydrogen) atoms. The summed E-state index contributed by atoms with van der Waals surface area (Å²) in [7, 11) is 0. The number of tetrazole rings is 1. The van der Waals surface area contributed by atoms with Gasteiger partial charge in [-0.05, 0) is 36.5 Å². The minimum Gasteiger partial charge on any atom is -0.303 e. The van der Waals surface area contributed by atoms with E-state index in [9.17, 15) is 0 Å². The van der Waals surface area contributed by atoms with E-state index in [2.05, 4.69) is 38.1 Å². The summed E-state index contributed by atoms with van der Waals surface area (Å²) in [6, 6.07) is 8.37. The van der Waals surface area contributed by atoms with Crippen molar-refractivity contribution < 1.29 is 0 Å². The van der Waals surface area contributed by atoms with Crippen LogP contribution in [0, 0.1) is 5.92 Å². The zero-order chi connectivity index (χ0) is 12.4. The molecule has 1 aliphatic rings. The van der Waals surface area contributed by atoms with Crippen molar-refractivity contribution in [1.29, 1.82) is 0 Å². The Hall–Kier alpha value is -1.46. The van der Waals surface area contributed by atoms with Crippen LogP contribution < -0.4 is 5.32 Å². The molecule has 1 aliphatic carbocycles. The quantitative estimate of drug-likeness (QED) is 0.867. The van der Waals surface area contributed by atoms with E-state index in [1.54, 1.807) is 0 Å². The maximum atomic E-state index is 5.92. The standard InChI is InChI=1S/C12H14ClN5/c13-10-5-3-9(4-6-10)12(8-1-2-8)14-7-11-15-17-18-16-11/h3-6,8,12,14H,1-2,7H2,(H,15,16,17,18). The molecule has 1 unspecified atom stereocenters. The number of halogens is 1. The van der Waals surface area contributed by atoms with Crippen LogP contribution in [-0.4, -0.2) is 20.6 Å². The zero-order valence-electron chi connectivity index (χ0n) is 9.81. The Morgan fingerprint density at radius 2 is 2.11 bits per heavy atom. The third-order valence-corrected chi connectivity index (χ3v) is 3.44. The Balaban J connectivity index is 1.70. The number of nitrogens with zero attached hydrogens (tertiary/aromatic N) is 3. The second-order valence-electron chi connectivity index (χ2n) is 4.58. The Labute approximate surface area is 110 Å². The van der Waals surface area contributed by atoms with Crippen molar-refractivity contribution in [3.8, 4) is 0 Å². The molecule has 0 amide bonds. The third kappa shape index (κ3) is 2.68. The van der Waals surface area contributed by atoms with Gasteiger partial charge in [0.15, 0.2) is 5.82 Å². The molecular formula is C12H14ClN5. The summed E-state index contributed by atoms with van der Waals surface area (Å²) in [6.45, 7) is 0.625. The van der Waals surface area contributed by atoms with Crippen molar-refractivity contribution >= 4 is 11.6 Å². The topological polar surface area (TPSA) is 66.5 Å². The number of aromatic nitrogens is 4. The normalized spacial score (nSPS) is 16.7. The monoisotopic (exact) mass is 263 g/mol. The van der Waals surface area contributed by atoms with Crippen molar-refractivity contribution in [1.82, 2.24) is 25.9 Å². The average Bonchev–Trinajstić information content (AvgIpc) is 3.08. The van der Waals surface area contributed by atoms with Crippen molar-refractivity contribution in [3.05, 3.63) is 40.7 Å². The number of hydrogen-bond acceptors (Lipinski definition) is 4. The van der Waals surface area contributed by atoms with Gasteiger partial charge < -0.3 is 5.32 Å². The van der Waals surface area contributed by atoms with Crippen LogP contribution in [-0.2, 0) is 6.54 Å². The molecule has 1 saturated carbocycles. The van der Waals surface area contributed by atoms with Crippen molar-refractivity contribution in [2.24, 2.45) is 5.92 Å². The maximum absolute atomic E-state index is 5.92. The van der Waals surface area contributed by atoms with Crippen LogP contribution in [0.15, 0.2) is 24.3 Å². The Morgan fingerprint density at radius 3 is 2.72 bits per heavy atom. The highest BCUT2D eigenvalue weighted by Gasteiger charge is 2.32. The van der Waals surface area contributed by atoms with Crippen LogP contribution in [0.3, 0.4) is 0 Å². The molecule has 3 rings (SSSR count). The number of benzene rings is 1. The van der Waals surface area contributed by atoms with Crippen LogP contribution in [0.1, 0.15) is 30.3 Å². The molecule has 1 heterocycles. The summed E-state index contributed by atoms with van der Waals surface area (Å²) in [4.78, 5) is 0. The molecule has 1 atom stereocenters. The van der Waals surface area contributed by atoms with Gasteiger partial charge in [-0.3, -0.25) is 0 Å². The fourth-order valence-electron chi connectivity index (χ4n) is 2.11. The van der Waals surface area contributed by atoms with Crippen LogP contribution in [0.25, 0.3) is 0 Å². The average molecular weight is 264 g/mol. The Kier molecular flexibility index (Phi) is 3.25. The molecule has 0 radical (unpaired) electrons. The van der Waals surface area contributed by atoms with Gasteiger partial charge in [-0.25, -0.2) is 0 Å². The molecule has 0 aliphatic heterocycles. The summed E-state index contributed by atoms with van der Waals surface area (Å²) >= 11 is 5.92. The van der Waals surface area contributed by atoms with E-state index in [-0.39, 0.29) is 0 Å². The van der Waals surface area contributed by atoms with E-state index < -0.39 is 0 Å². The van der Waals surface area contributed by atoms with E-state index >= 15 is 0 Å². The second kappa shape index (κ2) is 5.04. The first-order valence-corrected chi connectivity index (χ1v) is 6.42. The first kappa shape index (κ1) is 11.6. The Morgan fingerprint density at radius 1 is 1.33 bits per heavy atom. The summed E-state index contributed by atoms with van der Waals surface area (Å²) < 4.78 is 0. The smallest absolute Gasteiger partial charge is 0.188 e. The summed E-state index contributed by atoms with van der Waals surface area (Å²) in [5.74, 6) is 1.40. The second-order valence-corrected chi connectivity index (χ2v) is 5.01. The molecular weight excluding hydrogens is 250 g/mol. The number of hydrogen-bond donors (Lipinski definition) is 2. The lowest BCUT2D eigenvalue weighted by Gasteiger charge is -2.17. The molecule has 0 saturated heterocycles. The molecule has 2 aromatic rings. The van der Waals surface area contributed by atoms with Crippen LogP contribution in [0.4, 0.5) is 0 Å². The molecule has 2 N–H and O–H groups in total. The number of aromatic amines is 1. The van der Waals surface area contributed by atoms with E-state index in [1.165, 1.54) is 18.4 Å². The minimum atomic E-state index is 0.348. The van der Waals surface area contributed by atoms with Gasteiger partial charge >= 0.3 is 0 Å². The van der Waals surface area contributed by atoms with Crippen molar-refractivity contribution in [2.45, 2.75) is 25.4 Å². The van der Waals surface area contributed by atoms with E-state index in [4.69, 9.17) is 11.6 Å². The largest absolute Gasteiger partial charge is 0.303 e. The van der Waals surface area contributed by atoms with Crippen LogP contribution in [0.2, 0.25) is 5.02 Å². The van der Waals surface area contributed by atoms with E-state index in [0.29, 0.717) is 24.3 Å². The van der Waals surface area contributed by atoms with Gasteiger partial charge in [-0.15, -0.1) is 10.2 Å². The molecule has 1 aromatic heterocycles. The highest BCUT2D eigenvalue weighted by Crippen LogP contribution is 2.41. The third-order valence-electron chi connectivity index (χ3n) is 3.19. The van der Waals surface area contributed by atoms with Crippen molar-refractivity contribution in [3.63, 3.8) is 0 Å². The summed E-state index contributed by atoms with van der Waals surface area (Å²) in [5, 5.41) is 18.2. The SMILES string of the molecule is Clc1ccc(C(NCc2nn[nH]n2)C2CC2)cc1. The van der Waals surface area contributed by atoms with Gasteiger partial charge in [-0.2, -0.15) is 5.21 Å². The molecule has 1 aromatic carbocycles. The first-order chi connectivity index (χ1) is 8.83. The number of rotatable bonds is 5. The highest BCUT2D eigenvalue weighted by molar-refractivity contribution is 6.30. The Bertz CT molecular complexity index is 492. The first-order valence-electron chi connectivity index (χ1n) is 6.04. The van der Waals surface area contributed by atoms with Gasteiger partial charge in [-0.1, -0.05) is 28.9 Å². The molecule has 1 fully saturated rings. The van der Waals surface area contributed by atoms with Gasteiger partial charge in [0.05, 0.1) is 6.54 Å². The molecule has 94 valence electrons. The van der Waals surface area contributed by atoms with E-state index in [0.717, 1.165) is 5.02 Å². The molecule has 0 spiro atoms. The minimum absolute atomic E-state index is 0.348.